The lowest BCUT2D eigenvalue weighted by Crippen LogP contribution is -2.27. The Bertz CT molecular complexity index is 884. The van der Waals surface area contributed by atoms with Gasteiger partial charge in [0.25, 0.3) is 0 Å². The minimum atomic E-state index is -0.613. The van der Waals surface area contributed by atoms with Crippen LogP contribution >= 0.6 is 34.5 Å². The molecule has 0 atom stereocenters. The van der Waals surface area contributed by atoms with Gasteiger partial charge in [0.15, 0.2) is 5.78 Å². The van der Waals surface area contributed by atoms with Gasteiger partial charge in [-0.15, -0.1) is 11.3 Å². The zero-order valence-electron chi connectivity index (χ0n) is 14.7. The van der Waals surface area contributed by atoms with Gasteiger partial charge < -0.3 is 4.74 Å². The molecule has 0 radical (unpaired) electrons. The molecule has 1 heterocycles. The van der Waals surface area contributed by atoms with Gasteiger partial charge in [-0.1, -0.05) is 23.2 Å². The zero-order chi connectivity index (χ0) is 19.1. The number of hydrogen-bond donors (Lipinski definition) is 1. The smallest absolute Gasteiger partial charge is 0.412 e. The first-order valence-electron chi connectivity index (χ1n) is 8.30. The fourth-order valence-corrected chi connectivity index (χ4v) is 4.48. The number of anilines is 1. The van der Waals surface area contributed by atoms with E-state index in [2.05, 4.69) is 5.32 Å². The molecule has 4 nitrogen and oxygen atoms in total. The van der Waals surface area contributed by atoms with E-state index >= 15 is 0 Å². The van der Waals surface area contributed by atoms with Crippen LogP contribution in [0.15, 0.2) is 18.2 Å². The average molecular weight is 412 g/mol. The summed E-state index contributed by atoms with van der Waals surface area (Å²) in [7, 11) is 0. The van der Waals surface area contributed by atoms with Gasteiger partial charge in [0.1, 0.15) is 10.6 Å². The van der Waals surface area contributed by atoms with Crippen molar-refractivity contribution in [3.8, 4) is 0 Å². The number of ether oxygens (including phenoxy) is 1. The predicted octanol–water partition coefficient (Wildman–Crippen LogP) is 6.12. The summed E-state index contributed by atoms with van der Waals surface area (Å²) >= 11 is 13.5. The Morgan fingerprint density at radius 2 is 1.88 bits per heavy atom. The summed E-state index contributed by atoms with van der Waals surface area (Å²) in [5.41, 5.74) is 1.38. The molecule has 0 unspecified atom stereocenters. The lowest BCUT2D eigenvalue weighted by atomic mass is 10.0. The summed E-state index contributed by atoms with van der Waals surface area (Å²) in [5.74, 6) is -0.172. The Morgan fingerprint density at radius 1 is 1.15 bits per heavy atom. The minimum Gasteiger partial charge on any atom is -0.444 e. The van der Waals surface area contributed by atoms with E-state index in [4.69, 9.17) is 27.9 Å². The number of halogens is 2. The van der Waals surface area contributed by atoms with E-state index in [9.17, 15) is 9.59 Å². The number of aryl methyl sites for hydroxylation is 1. The van der Waals surface area contributed by atoms with E-state index in [1.54, 1.807) is 39.0 Å². The van der Waals surface area contributed by atoms with Crippen molar-refractivity contribution < 1.29 is 14.3 Å². The van der Waals surface area contributed by atoms with Gasteiger partial charge in [0, 0.05) is 10.4 Å². The summed E-state index contributed by atoms with van der Waals surface area (Å²) in [6.45, 7) is 5.38. The molecule has 26 heavy (non-hydrogen) atoms. The number of nitrogens with one attached hydrogen (secondary N) is 1. The Kier molecular flexibility index (Phi) is 5.33. The van der Waals surface area contributed by atoms with Gasteiger partial charge in [-0.2, -0.15) is 0 Å². The van der Waals surface area contributed by atoms with Crippen molar-refractivity contribution in [1.29, 1.82) is 0 Å². The fourth-order valence-electron chi connectivity index (χ4n) is 2.91. The standard InChI is InChI=1S/C19H19Cl2NO3S/c1-19(2,3)25-18(24)22-17-15(11-5-4-6-14(11)26-17)16(23)10-7-8-12(20)13(21)9-10/h7-9H,4-6H2,1-3H3,(H,22,24). The highest BCUT2D eigenvalue weighted by Gasteiger charge is 2.29. The molecule has 0 saturated carbocycles. The van der Waals surface area contributed by atoms with Crippen LogP contribution < -0.4 is 5.32 Å². The molecule has 1 aliphatic rings. The highest BCUT2D eigenvalue weighted by atomic mass is 35.5. The number of hydrogen-bond acceptors (Lipinski definition) is 4. The second-order valence-electron chi connectivity index (χ2n) is 7.15. The lowest BCUT2D eigenvalue weighted by molar-refractivity contribution is 0.0636. The number of thiophene rings is 1. The molecule has 138 valence electrons. The molecule has 7 heteroatoms. The molecule has 0 fully saturated rings. The van der Waals surface area contributed by atoms with E-state index in [0.29, 0.717) is 26.2 Å². The molecule has 3 rings (SSSR count). The number of carbonyl (C=O) groups is 2. The summed E-state index contributed by atoms with van der Waals surface area (Å²) in [6.07, 6.45) is 2.18. The van der Waals surface area contributed by atoms with Crippen molar-refractivity contribution in [3.63, 3.8) is 0 Å². The number of carbonyl (C=O) groups excluding carboxylic acids is 2. The molecule has 0 spiro atoms. The number of amides is 1. The third-order valence-electron chi connectivity index (χ3n) is 3.94. The number of ketones is 1. The topological polar surface area (TPSA) is 55.4 Å². The lowest BCUT2D eigenvalue weighted by Gasteiger charge is -2.19. The first-order chi connectivity index (χ1) is 12.2. The third kappa shape index (κ3) is 4.05. The van der Waals surface area contributed by atoms with Gasteiger partial charge in [0.2, 0.25) is 0 Å². The van der Waals surface area contributed by atoms with Crippen LogP contribution in [0, 0.1) is 0 Å². The highest BCUT2D eigenvalue weighted by molar-refractivity contribution is 7.17. The van der Waals surface area contributed by atoms with Crippen LogP contribution in [0.25, 0.3) is 0 Å². The summed E-state index contributed by atoms with van der Waals surface area (Å²) in [6, 6.07) is 4.81. The summed E-state index contributed by atoms with van der Waals surface area (Å²) in [4.78, 5) is 26.5. The molecule has 0 saturated heterocycles. The second kappa shape index (κ2) is 7.22. The zero-order valence-corrected chi connectivity index (χ0v) is 17.1. The maximum absolute atomic E-state index is 13.1. The van der Waals surface area contributed by atoms with Crippen molar-refractivity contribution in [1.82, 2.24) is 0 Å². The van der Waals surface area contributed by atoms with E-state index in [1.165, 1.54) is 11.3 Å². The fraction of sp³-hybridized carbons (Fsp3) is 0.368. The molecule has 1 aromatic heterocycles. The Hall–Kier alpha value is -1.56. The SMILES string of the molecule is CC(C)(C)OC(=O)Nc1sc2c(c1C(=O)c1ccc(Cl)c(Cl)c1)CCC2. The molecule has 2 aromatic rings. The normalized spacial score (nSPS) is 13.4. The van der Waals surface area contributed by atoms with E-state index in [1.807, 2.05) is 0 Å². The van der Waals surface area contributed by atoms with Gasteiger partial charge >= 0.3 is 6.09 Å². The summed E-state index contributed by atoms with van der Waals surface area (Å²) in [5, 5.41) is 4.00. The van der Waals surface area contributed by atoms with E-state index < -0.39 is 11.7 Å². The van der Waals surface area contributed by atoms with Crippen LogP contribution in [0.3, 0.4) is 0 Å². The van der Waals surface area contributed by atoms with E-state index in [-0.39, 0.29) is 5.78 Å². The molecule has 1 N–H and O–H groups in total. The van der Waals surface area contributed by atoms with Crippen LogP contribution in [0.1, 0.15) is 53.6 Å². The van der Waals surface area contributed by atoms with Crippen molar-refractivity contribution in [2.24, 2.45) is 0 Å². The van der Waals surface area contributed by atoms with Gasteiger partial charge in [-0.25, -0.2) is 4.79 Å². The molecule has 1 amide bonds. The van der Waals surface area contributed by atoms with Crippen LogP contribution in [-0.2, 0) is 17.6 Å². The number of fused-ring (bicyclic) bond motifs is 1. The van der Waals surface area contributed by atoms with Gasteiger partial charge in [0.05, 0.1) is 15.6 Å². The Labute approximate surface area is 166 Å². The van der Waals surface area contributed by atoms with Crippen LogP contribution in [-0.4, -0.2) is 17.5 Å². The molecule has 1 aliphatic carbocycles. The van der Waals surface area contributed by atoms with Crippen LogP contribution in [0.2, 0.25) is 10.0 Å². The largest absolute Gasteiger partial charge is 0.444 e. The maximum Gasteiger partial charge on any atom is 0.412 e. The quantitative estimate of drug-likeness (QED) is 0.618. The molecular weight excluding hydrogens is 393 g/mol. The molecular formula is C19H19Cl2NO3S. The first kappa shape index (κ1) is 19.2. The van der Waals surface area contributed by atoms with Crippen LogP contribution in [0.5, 0.6) is 0 Å². The summed E-state index contributed by atoms with van der Waals surface area (Å²) < 4.78 is 5.32. The number of rotatable bonds is 3. The van der Waals surface area contributed by atoms with Gasteiger partial charge in [-0.3, -0.25) is 10.1 Å². The Balaban J connectivity index is 1.96. The third-order valence-corrected chi connectivity index (χ3v) is 5.89. The first-order valence-corrected chi connectivity index (χ1v) is 9.87. The van der Waals surface area contributed by atoms with Crippen molar-refractivity contribution >= 4 is 51.4 Å². The highest BCUT2D eigenvalue weighted by Crippen LogP contribution is 2.40. The second-order valence-corrected chi connectivity index (χ2v) is 9.07. The van der Waals surface area contributed by atoms with Crippen molar-refractivity contribution in [2.75, 3.05) is 5.32 Å². The van der Waals surface area contributed by atoms with E-state index in [0.717, 1.165) is 29.7 Å². The maximum atomic E-state index is 13.1. The Morgan fingerprint density at radius 3 is 2.54 bits per heavy atom. The molecule has 1 aromatic carbocycles. The minimum absolute atomic E-state index is 0.172. The predicted molar refractivity (Wildman–Crippen MR) is 106 cm³/mol. The van der Waals surface area contributed by atoms with Crippen molar-refractivity contribution in [3.05, 3.63) is 49.8 Å². The number of benzene rings is 1. The monoisotopic (exact) mass is 411 g/mol. The van der Waals surface area contributed by atoms with Gasteiger partial charge in [-0.05, 0) is 63.8 Å². The molecule has 0 aliphatic heterocycles. The van der Waals surface area contributed by atoms with Crippen molar-refractivity contribution in [2.45, 2.75) is 45.6 Å². The van der Waals surface area contributed by atoms with Crippen LogP contribution in [0.4, 0.5) is 9.80 Å². The average Bonchev–Trinajstić information content (AvgIpc) is 3.07. The molecule has 0 bridgehead atoms.